The van der Waals surface area contributed by atoms with Gasteiger partial charge in [0.05, 0.1) is 12.8 Å². The van der Waals surface area contributed by atoms with Gasteiger partial charge in [-0.05, 0) is 43.7 Å². The first-order valence-corrected chi connectivity index (χ1v) is 9.27. The van der Waals surface area contributed by atoms with Crippen molar-refractivity contribution in [3.05, 3.63) is 64.9 Å². The molecule has 1 amide bonds. The maximum absolute atomic E-state index is 11.6. The molecule has 2 fully saturated rings. The molecule has 0 bridgehead atoms. The normalized spacial score (nSPS) is 20.2. The van der Waals surface area contributed by atoms with Gasteiger partial charge < -0.3 is 10.1 Å². The largest absolute Gasteiger partial charge is 0.481 e. The second kappa shape index (κ2) is 6.94. The zero-order chi connectivity index (χ0) is 18.1. The summed E-state index contributed by atoms with van der Waals surface area (Å²) in [4.78, 5) is 16.4. The zero-order valence-electron chi connectivity index (χ0n) is 15.3. The molecule has 2 aliphatic rings. The molecule has 1 saturated carbocycles. The van der Waals surface area contributed by atoms with Gasteiger partial charge in [0.2, 0.25) is 11.8 Å². The number of nitrogens with zero attached hydrogens (tertiary/aromatic N) is 1. The lowest BCUT2D eigenvalue weighted by molar-refractivity contribution is -0.119. The molecule has 0 spiro atoms. The van der Waals surface area contributed by atoms with Crippen LogP contribution in [0.4, 0.5) is 0 Å². The molecular formula is C22H24N2O2. The zero-order valence-corrected chi connectivity index (χ0v) is 15.3. The Balaban J connectivity index is 1.75. The van der Waals surface area contributed by atoms with Gasteiger partial charge in [-0.1, -0.05) is 42.0 Å². The van der Waals surface area contributed by atoms with Gasteiger partial charge in [0.25, 0.3) is 0 Å². The van der Waals surface area contributed by atoms with Crippen LogP contribution in [-0.4, -0.2) is 24.0 Å². The molecular weight excluding hydrogens is 324 g/mol. The average molecular weight is 348 g/mol. The van der Waals surface area contributed by atoms with Crippen LogP contribution in [0, 0.1) is 6.92 Å². The van der Waals surface area contributed by atoms with Crippen molar-refractivity contribution in [3.8, 4) is 5.88 Å². The number of methoxy groups -OCH3 is 1. The van der Waals surface area contributed by atoms with E-state index in [0.717, 1.165) is 29.1 Å². The summed E-state index contributed by atoms with van der Waals surface area (Å²) in [7, 11) is 1.68. The number of aryl methyl sites for hydroxylation is 1. The summed E-state index contributed by atoms with van der Waals surface area (Å²) in [5.74, 6) is 1.43. The third-order valence-electron chi connectivity index (χ3n) is 5.14. The lowest BCUT2D eigenvalue weighted by atomic mass is 9.97. The van der Waals surface area contributed by atoms with Crippen molar-refractivity contribution in [1.29, 1.82) is 0 Å². The topological polar surface area (TPSA) is 51.2 Å². The molecule has 2 heterocycles. The van der Waals surface area contributed by atoms with Crippen molar-refractivity contribution in [3.63, 3.8) is 0 Å². The summed E-state index contributed by atoms with van der Waals surface area (Å²) in [6.45, 7) is 2.08. The third-order valence-corrected chi connectivity index (χ3v) is 5.14. The lowest BCUT2D eigenvalue weighted by Crippen LogP contribution is -2.23. The molecule has 4 nitrogen and oxygen atoms in total. The van der Waals surface area contributed by atoms with Crippen LogP contribution in [-0.2, 0) is 4.79 Å². The number of hydrogen-bond acceptors (Lipinski definition) is 3. The second-order valence-corrected chi connectivity index (χ2v) is 7.23. The summed E-state index contributed by atoms with van der Waals surface area (Å²) in [5, 5.41) is 3.03. The smallest absolute Gasteiger partial charge is 0.220 e. The van der Waals surface area contributed by atoms with Crippen LogP contribution in [0.5, 0.6) is 5.88 Å². The fraction of sp³-hybridized carbons (Fsp3) is 0.364. The fourth-order valence-electron chi connectivity index (χ4n) is 3.50. The molecule has 134 valence electrons. The van der Waals surface area contributed by atoms with E-state index in [2.05, 4.69) is 54.7 Å². The van der Waals surface area contributed by atoms with Crippen LogP contribution < -0.4 is 10.1 Å². The molecule has 1 aliphatic carbocycles. The van der Waals surface area contributed by atoms with Crippen molar-refractivity contribution in [2.45, 2.75) is 44.6 Å². The molecule has 1 aliphatic heterocycles. The minimum Gasteiger partial charge on any atom is -0.481 e. The summed E-state index contributed by atoms with van der Waals surface area (Å²) in [6.07, 6.45) is 5.97. The highest BCUT2D eigenvalue weighted by atomic mass is 16.5. The van der Waals surface area contributed by atoms with Crippen LogP contribution >= 0.6 is 0 Å². The Morgan fingerprint density at radius 1 is 1.15 bits per heavy atom. The van der Waals surface area contributed by atoms with Crippen LogP contribution in [0.3, 0.4) is 0 Å². The van der Waals surface area contributed by atoms with Gasteiger partial charge in [-0.25, -0.2) is 4.98 Å². The quantitative estimate of drug-likeness (QED) is 0.889. The van der Waals surface area contributed by atoms with Gasteiger partial charge in [0.15, 0.2) is 0 Å². The summed E-state index contributed by atoms with van der Waals surface area (Å²) < 4.78 is 5.57. The van der Waals surface area contributed by atoms with E-state index in [1.807, 2.05) is 0 Å². The van der Waals surface area contributed by atoms with E-state index >= 15 is 0 Å². The van der Waals surface area contributed by atoms with Crippen molar-refractivity contribution in [1.82, 2.24) is 10.3 Å². The molecule has 26 heavy (non-hydrogen) atoms. The first-order valence-electron chi connectivity index (χ1n) is 9.27. The molecule has 1 aromatic carbocycles. The van der Waals surface area contributed by atoms with E-state index in [-0.39, 0.29) is 11.9 Å². The summed E-state index contributed by atoms with van der Waals surface area (Å²) >= 11 is 0. The number of ether oxygens (including phenoxy) is 1. The van der Waals surface area contributed by atoms with Crippen LogP contribution in [0.25, 0.3) is 5.57 Å². The maximum atomic E-state index is 11.6. The van der Waals surface area contributed by atoms with Crippen LogP contribution in [0.15, 0.2) is 42.5 Å². The van der Waals surface area contributed by atoms with E-state index < -0.39 is 0 Å². The minimum atomic E-state index is 0.0507. The van der Waals surface area contributed by atoms with Crippen molar-refractivity contribution in [2.75, 3.05) is 7.11 Å². The van der Waals surface area contributed by atoms with Crippen LogP contribution in [0.1, 0.15) is 54.0 Å². The Morgan fingerprint density at radius 3 is 2.54 bits per heavy atom. The summed E-state index contributed by atoms with van der Waals surface area (Å²) in [5.41, 5.74) is 5.45. The highest BCUT2D eigenvalue weighted by Gasteiger charge is 2.28. The Bertz CT molecular complexity index is 851. The fourth-order valence-corrected chi connectivity index (χ4v) is 3.50. The average Bonchev–Trinajstić information content (AvgIpc) is 3.42. The third kappa shape index (κ3) is 3.50. The number of benzene rings is 1. The molecule has 4 heteroatoms. The standard InChI is InChI=1S/C22H24N2O2/c1-14-3-5-16(6-4-14)19(13-17-9-12-21(25)23-17)20-11-10-18(15-7-8-15)22(24-20)26-2/h3-6,10-11,13,15,17H,7-9,12H2,1-2H3,(H,23,25)/t17-/m1/s1. The van der Waals surface area contributed by atoms with Gasteiger partial charge in [-0.15, -0.1) is 0 Å². The summed E-state index contributed by atoms with van der Waals surface area (Å²) in [6, 6.07) is 12.7. The van der Waals surface area contributed by atoms with Gasteiger partial charge in [0, 0.05) is 23.6 Å². The first kappa shape index (κ1) is 16.8. The number of amides is 1. The number of carbonyl (C=O) groups excluding carboxylic acids is 1. The predicted molar refractivity (Wildman–Crippen MR) is 102 cm³/mol. The van der Waals surface area contributed by atoms with Gasteiger partial charge in [-0.2, -0.15) is 0 Å². The van der Waals surface area contributed by atoms with Gasteiger partial charge in [0.1, 0.15) is 0 Å². The van der Waals surface area contributed by atoms with E-state index in [1.54, 1.807) is 7.11 Å². The van der Waals surface area contributed by atoms with E-state index in [0.29, 0.717) is 12.3 Å². The van der Waals surface area contributed by atoms with Crippen molar-refractivity contribution >= 4 is 11.5 Å². The van der Waals surface area contributed by atoms with Gasteiger partial charge in [-0.3, -0.25) is 4.79 Å². The molecule has 1 saturated heterocycles. The molecule has 1 N–H and O–H groups in total. The van der Waals surface area contributed by atoms with Crippen LogP contribution in [0.2, 0.25) is 0 Å². The molecule has 4 rings (SSSR count). The van der Waals surface area contributed by atoms with Crippen molar-refractivity contribution in [2.24, 2.45) is 0 Å². The highest BCUT2D eigenvalue weighted by molar-refractivity contribution is 5.82. The monoisotopic (exact) mass is 348 g/mol. The molecule has 2 aromatic rings. The predicted octanol–water partition coefficient (Wildman–Crippen LogP) is 3.99. The van der Waals surface area contributed by atoms with E-state index in [1.165, 1.54) is 24.0 Å². The Morgan fingerprint density at radius 2 is 1.92 bits per heavy atom. The SMILES string of the molecule is COc1nc(C(=C[C@H]2CCC(=O)N2)c2ccc(C)cc2)ccc1C1CC1. The molecule has 1 aromatic heterocycles. The van der Waals surface area contributed by atoms with Crippen molar-refractivity contribution < 1.29 is 9.53 Å². The number of aromatic nitrogens is 1. The highest BCUT2D eigenvalue weighted by Crippen LogP contribution is 2.44. The second-order valence-electron chi connectivity index (χ2n) is 7.23. The Hall–Kier alpha value is -2.62. The molecule has 0 unspecified atom stereocenters. The number of nitrogens with one attached hydrogen (secondary N) is 1. The minimum absolute atomic E-state index is 0.0507. The Labute approximate surface area is 154 Å². The number of pyridine rings is 1. The maximum Gasteiger partial charge on any atom is 0.220 e. The number of carbonyl (C=O) groups is 1. The molecule has 0 radical (unpaired) electrons. The first-order chi connectivity index (χ1) is 12.6. The number of rotatable bonds is 5. The van der Waals surface area contributed by atoms with Gasteiger partial charge >= 0.3 is 0 Å². The van der Waals surface area contributed by atoms with E-state index in [4.69, 9.17) is 9.72 Å². The number of hydrogen-bond donors (Lipinski definition) is 1. The Kier molecular flexibility index (Phi) is 4.49. The van der Waals surface area contributed by atoms with E-state index in [9.17, 15) is 4.79 Å². The molecule has 1 atom stereocenters. The lowest BCUT2D eigenvalue weighted by Gasteiger charge is -2.14.